The minimum absolute atomic E-state index is 0. The molecule has 0 aliphatic rings. The Labute approximate surface area is 55.4 Å². The van der Waals surface area contributed by atoms with Crippen molar-refractivity contribution >= 4 is 47.9 Å². The van der Waals surface area contributed by atoms with Crippen LogP contribution in [-0.2, 0) is 0 Å². The summed E-state index contributed by atoms with van der Waals surface area (Å²) in [5.41, 5.74) is 0. The van der Waals surface area contributed by atoms with Gasteiger partial charge in [-0.25, -0.2) is 0 Å². The Bertz CT molecular complexity index is 8.00. The van der Waals surface area contributed by atoms with Crippen molar-refractivity contribution in [3.05, 3.63) is 0 Å². The summed E-state index contributed by atoms with van der Waals surface area (Å²) in [6.07, 6.45) is 0. The van der Waals surface area contributed by atoms with Crippen LogP contribution in [0.3, 0.4) is 0 Å². The van der Waals surface area contributed by atoms with Crippen molar-refractivity contribution in [2.45, 2.75) is 7.43 Å². The van der Waals surface area contributed by atoms with Crippen LogP contribution < -0.4 is 0 Å². The molecule has 0 spiro atoms. The molecule has 0 fully saturated rings. The topological polar surface area (TPSA) is 0 Å². The van der Waals surface area contributed by atoms with Crippen LogP contribution in [0.2, 0.25) is 0 Å². The Morgan fingerprint density at radius 3 is 1.00 bits per heavy atom. The van der Waals surface area contributed by atoms with Crippen molar-refractivity contribution in [1.82, 2.24) is 0 Å². The Balaban J connectivity index is 0. The molecule has 0 amide bonds. The average molecular weight is 161 g/mol. The van der Waals surface area contributed by atoms with E-state index in [2.05, 4.69) is 0 Å². The van der Waals surface area contributed by atoms with Gasteiger partial charge in [-0.2, -0.15) is 13.5 Å². The summed E-state index contributed by atoms with van der Waals surface area (Å²) < 4.78 is 0. The number of hydrogen-bond donors (Lipinski definition) is 0. The molecule has 30 valence electrons. The summed E-state index contributed by atoms with van der Waals surface area (Å²) in [6, 6.07) is 0. The van der Waals surface area contributed by atoms with Gasteiger partial charge in [0.25, 0.3) is 0 Å². The van der Waals surface area contributed by atoms with Crippen molar-refractivity contribution in [2.24, 2.45) is 0 Å². The van der Waals surface area contributed by atoms with Gasteiger partial charge < -0.3 is 0 Å². The fourth-order valence-corrected chi connectivity index (χ4v) is 0. The van der Waals surface area contributed by atoms with E-state index >= 15 is 0 Å². The molecule has 0 radical (unpaired) electrons. The normalized spacial score (nSPS) is 0. The molecule has 3 heteroatoms. The van der Waals surface area contributed by atoms with E-state index in [0.29, 0.717) is 0 Å². The summed E-state index contributed by atoms with van der Waals surface area (Å²) >= 11 is 0. The van der Waals surface area contributed by atoms with Gasteiger partial charge >= 0.3 is 17.1 Å². The number of rotatable bonds is 0. The summed E-state index contributed by atoms with van der Waals surface area (Å²) in [5.74, 6) is 0. The van der Waals surface area contributed by atoms with Gasteiger partial charge in [0.15, 0.2) is 17.4 Å². The standard InChI is InChI=1S/CH4.Al.H2S.H2Se.3H/h1H4;;2*1H2;;;. The van der Waals surface area contributed by atoms with E-state index in [-0.39, 0.29) is 55.4 Å². The second-order valence-corrected chi connectivity index (χ2v) is 0. The van der Waals surface area contributed by atoms with Crippen LogP contribution in [0.25, 0.3) is 0 Å². The molecule has 0 aliphatic heterocycles. The fourth-order valence-electron chi connectivity index (χ4n) is 0. The van der Waals surface area contributed by atoms with Crippen molar-refractivity contribution in [1.29, 1.82) is 0 Å². The molecule has 0 aromatic heterocycles. The first-order valence-corrected chi connectivity index (χ1v) is 0. The molecule has 0 saturated heterocycles. The first kappa shape index (κ1) is 53.3. The van der Waals surface area contributed by atoms with E-state index < -0.39 is 0 Å². The van der Waals surface area contributed by atoms with Crippen molar-refractivity contribution in [3.8, 4) is 0 Å². The molecule has 0 heterocycles. The van der Waals surface area contributed by atoms with Gasteiger partial charge in [0.2, 0.25) is 0 Å². The zero-order valence-electron chi connectivity index (χ0n) is 1.00. The van der Waals surface area contributed by atoms with Gasteiger partial charge in [-0.05, 0) is 0 Å². The van der Waals surface area contributed by atoms with E-state index in [1.165, 1.54) is 0 Å². The van der Waals surface area contributed by atoms with Crippen LogP contribution in [0.4, 0.5) is 0 Å². The molecule has 0 bridgehead atoms. The number of hydrogen-bond acceptors (Lipinski definition) is 0. The Kier molecular flexibility index (Phi) is 345. The molecule has 0 aromatic rings. The summed E-state index contributed by atoms with van der Waals surface area (Å²) in [7, 11) is 0. The van der Waals surface area contributed by atoms with Gasteiger partial charge in [0.1, 0.15) is 0 Å². The zero-order valence-corrected chi connectivity index (χ0v) is 4.10. The third-order valence-corrected chi connectivity index (χ3v) is 0. The first-order valence-electron chi connectivity index (χ1n) is 0. The third-order valence-electron chi connectivity index (χ3n) is 0. The third kappa shape index (κ3) is 9.99. The maximum absolute atomic E-state index is 0. The van der Waals surface area contributed by atoms with E-state index in [4.69, 9.17) is 0 Å². The predicted molar refractivity (Wildman–Crippen MR) is 35.6 cm³/mol. The SMILES string of the molecule is C.S.[AlH3].[SeH2]. The summed E-state index contributed by atoms with van der Waals surface area (Å²) in [5, 5.41) is 0. The first-order chi connectivity index (χ1) is 0. The Morgan fingerprint density at radius 2 is 1.00 bits per heavy atom. The van der Waals surface area contributed by atoms with Crippen molar-refractivity contribution < 1.29 is 0 Å². The van der Waals surface area contributed by atoms with Crippen LogP contribution in [0, 0.1) is 0 Å². The van der Waals surface area contributed by atoms with Gasteiger partial charge in [-0.15, -0.1) is 0 Å². The molecule has 0 aromatic carbocycles. The van der Waals surface area contributed by atoms with Crippen LogP contribution in [0.5, 0.6) is 0 Å². The summed E-state index contributed by atoms with van der Waals surface area (Å²) in [4.78, 5) is 0. The molecule has 0 atom stereocenters. The molecule has 0 saturated carbocycles. The van der Waals surface area contributed by atoms with E-state index in [1.54, 1.807) is 0 Å². The fraction of sp³-hybridized carbons (Fsp3) is 1.00. The molecule has 0 nitrogen and oxygen atoms in total. The van der Waals surface area contributed by atoms with E-state index in [9.17, 15) is 0 Å². The average Bonchev–Trinajstić information content (AvgIpc) is 0. The summed E-state index contributed by atoms with van der Waals surface area (Å²) in [6.45, 7) is 0. The van der Waals surface area contributed by atoms with Gasteiger partial charge in [0.05, 0.1) is 0 Å². The molecule has 0 N–H and O–H groups in total. The van der Waals surface area contributed by atoms with Crippen LogP contribution >= 0.6 is 13.5 Å². The molecule has 0 aliphatic carbocycles. The molecule has 4 heavy (non-hydrogen) atoms. The van der Waals surface area contributed by atoms with Gasteiger partial charge in [-0.3, -0.25) is 0 Å². The Morgan fingerprint density at radius 1 is 1.00 bits per heavy atom. The predicted octanol–water partition coefficient (Wildman–Crippen LogP) is -1.35. The van der Waals surface area contributed by atoms with Crippen LogP contribution in [0.15, 0.2) is 0 Å². The Hall–Kier alpha value is 1.40. The monoisotopic (exact) mass is 162 g/mol. The maximum atomic E-state index is 0. The molecule has 0 rings (SSSR count). The second kappa shape index (κ2) is 25.9. The van der Waals surface area contributed by atoms with Gasteiger partial charge in [-0.1, -0.05) is 7.43 Å². The van der Waals surface area contributed by atoms with E-state index in [0.717, 1.165) is 0 Å². The van der Waals surface area contributed by atoms with Crippen molar-refractivity contribution in [3.63, 3.8) is 0 Å². The second-order valence-electron chi connectivity index (χ2n) is 0. The zero-order chi connectivity index (χ0) is 0. The quantitative estimate of drug-likeness (QED) is 0.385. The van der Waals surface area contributed by atoms with Gasteiger partial charge in [0, 0.05) is 0 Å². The van der Waals surface area contributed by atoms with E-state index in [1.807, 2.05) is 0 Å². The molecular weight excluding hydrogens is 150 g/mol. The minimum atomic E-state index is 0. The van der Waals surface area contributed by atoms with Crippen LogP contribution in [0.1, 0.15) is 7.43 Å². The van der Waals surface area contributed by atoms with Crippen LogP contribution in [-0.4, -0.2) is 34.4 Å². The van der Waals surface area contributed by atoms with Crippen molar-refractivity contribution in [2.75, 3.05) is 0 Å². The molecular formula is CH11AlSSe. The molecule has 0 unspecified atom stereocenters.